The number of anilines is 2. The number of halogens is 2. The van der Waals surface area contributed by atoms with Crippen molar-refractivity contribution >= 4 is 17.5 Å². The second kappa shape index (κ2) is 9.16. The number of aromatic nitrogens is 1. The van der Waals surface area contributed by atoms with Crippen molar-refractivity contribution in [2.75, 3.05) is 17.6 Å². The van der Waals surface area contributed by atoms with E-state index in [1.165, 1.54) is 12.1 Å². The zero-order valence-corrected chi connectivity index (χ0v) is 14.8. The van der Waals surface area contributed by atoms with E-state index in [0.717, 1.165) is 36.3 Å². The fourth-order valence-corrected chi connectivity index (χ4v) is 2.60. The molecule has 1 aromatic carbocycles. The van der Waals surface area contributed by atoms with Crippen LogP contribution >= 0.6 is 0 Å². The van der Waals surface area contributed by atoms with Gasteiger partial charge in [-0.3, -0.25) is 4.98 Å². The van der Waals surface area contributed by atoms with Gasteiger partial charge in [-0.05, 0) is 56.0 Å². The van der Waals surface area contributed by atoms with E-state index >= 15 is 0 Å². The summed E-state index contributed by atoms with van der Waals surface area (Å²) in [5.74, 6) is -1.23. The molecule has 1 aromatic heterocycles. The Morgan fingerprint density at radius 3 is 2.72 bits per heavy atom. The Morgan fingerprint density at radius 2 is 2.00 bits per heavy atom. The molecule has 0 aliphatic rings. The van der Waals surface area contributed by atoms with Crippen molar-refractivity contribution in [2.24, 2.45) is 0 Å². The second-order valence-corrected chi connectivity index (χ2v) is 5.93. The minimum absolute atomic E-state index is 0.0249. The van der Waals surface area contributed by atoms with Crippen molar-refractivity contribution in [3.8, 4) is 0 Å². The van der Waals surface area contributed by atoms with Gasteiger partial charge in [0.15, 0.2) is 5.82 Å². The molecule has 0 fully saturated rings. The van der Waals surface area contributed by atoms with Gasteiger partial charge in [-0.2, -0.15) is 0 Å². The number of allylic oxidation sites excluding steroid dienone is 1. The zero-order chi connectivity index (χ0) is 18.2. The van der Waals surface area contributed by atoms with Crippen LogP contribution in [0.3, 0.4) is 0 Å². The summed E-state index contributed by atoms with van der Waals surface area (Å²) in [4.78, 5) is 4.48. The van der Waals surface area contributed by atoms with Gasteiger partial charge in [-0.1, -0.05) is 19.4 Å². The molecule has 1 heterocycles. The third kappa shape index (κ3) is 5.02. The zero-order valence-electron chi connectivity index (χ0n) is 14.8. The van der Waals surface area contributed by atoms with Crippen LogP contribution < -0.4 is 11.1 Å². The first-order valence-electron chi connectivity index (χ1n) is 8.68. The first-order chi connectivity index (χ1) is 12.1. The SMILES string of the molecule is CCC/C=C\c1ncc(CCc2c(F)ccc(N)c2F)cc1NCC. The van der Waals surface area contributed by atoms with Crippen LogP contribution in [0, 0.1) is 11.6 Å². The number of aryl methyl sites for hydroxylation is 1. The highest BCUT2D eigenvalue weighted by Crippen LogP contribution is 2.22. The quantitative estimate of drug-likeness (QED) is 0.664. The molecule has 0 bridgehead atoms. The van der Waals surface area contributed by atoms with Gasteiger partial charge in [0.2, 0.25) is 0 Å². The lowest BCUT2D eigenvalue weighted by Crippen LogP contribution is -2.05. The van der Waals surface area contributed by atoms with Gasteiger partial charge in [0.1, 0.15) is 5.82 Å². The van der Waals surface area contributed by atoms with Gasteiger partial charge in [0, 0.05) is 18.3 Å². The maximum absolute atomic E-state index is 14.0. The number of nitrogens with zero attached hydrogens (tertiary/aromatic N) is 1. The summed E-state index contributed by atoms with van der Waals surface area (Å²) in [5.41, 5.74) is 8.25. The summed E-state index contributed by atoms with van der Waals surface area (Å²) in [5, 5.41) is 3.29. The Kier molecular flexibility index (Phi) is 6.92. The summed E-state index contributed by atoms with van der Waals surface area (Å²) >= 11 is 0. The lowest BCUT2D eigenvalue weighted by atomic mass is 10.0. The molecule has 0 radical (unpaired) electrons. The van der Waals surface area contributed by atoms with Crippen molar-refractivity contribution in [3.63, 3.8) is 0 Å². The van der Waals surface area contributed by atoms with Crippen LogP contribution in [-0.2, 0) is 12.8 Å². The third-order valence-corrected chi connectivity index (χ3v) is 3.95. The van der Waals surface area contributed by atoms with Crippen LogP contribution in [0.4, 0.5) is 20.2 Å². The molecule has 0 amide bonds. The molecular formula is C20H25F2N3. The molecule has 0 atom stereocenters. The fourth-order valence-electron chi connectivity index (χ4n) is 2.60. The summed E-state index contributed by atoms with van der Waals surface area (Å²) in [6, 6.07) is 4.44. The molecule has 5 heteroatoms. The van der Waals surface area contributed by atoms with E-state index in [4.69, 9.17) is 5.73 Å². The van der Waals surface area contributed by atoms with E-state index in [1.807, 2.05) is 19.1 Å². The summed E-state index contributed by atoms with van der Waals surface area (Å²) in [6.45, 7) is 4.92. The molecule has 25 heavy (non-hydrogen) atoms. The van der Waals surface area contributed by atoms with Gasteiger partial charge >= 0.3 is 0 Å². The largest absolute Gasteiger partial charge is 0.396 e. The summed E-state index contributed by atoms with van der Waals surface area (Å²) < 4.78 is 27.8. The van der Waals surface area contributed by atoms with E-state index in [-0.39, 0.29) is 17.7 Å². The number of nitrogen functional groups attached to an aromatic ring is 1. The predicted molar refractivity (Wildman–Crippen MR) is 101 cm³/mol. The molecule has 134 valence electrons. The molecule has 0 unspecified atom stereocenters. The minimum atomic E-state index is -0.668. The lowest BCUT2D eigenvalue weighted by molar-refractivity contribution is 0.557. The Hall–Kier alpha value is -2.43. The second-order valence-electron chi connectivity index (χ2n) is 5.93. The van der Waals surface area contributed by atoms with E-state index in [1.54, 1.807) is 6.20 Å². The molecule has 2 aromatic rings. The van der Waals surface area contributed by atoms with Crippen LogP contribution in [0.5, 0.6) is 0 Å². The Morgan fingerprint density at radius 1 is 1.20 bits per heavy atom. The highest BCUT2D eigenvalue weighted by atomic mass is 19.1. The normalized spacial score (nSPS) is 11.2. The highest BCUT2D eigenvalue weighted by Gasteiger charge is 2.12. The van der Waals surface area contributed by atoms with Crippen LogP contribution in [-0.4, -0.2) is 11.5 Å². The van der Waals surface area contributed by atoms with Crippen molar-refractivity contribution in [1.29, 1.82) is 0 Å². The number of rotatable bonds is 8. The highest BCUT2D eigenvalue weighted by molar-refractivity contribution is 5.63. The number of pyridine rings is 1. The van der Waals surface area contributed by atoms with Gasteiger partial charge in [-0.25, -0.2) is 8.78 Å². The van der Waals surface area contributed by atoms with Gasteiger partial charge in [0.05, 0.1) is 17.1 Å². The number of nitrogens with two attached hydrogens (primary N) is 1. The molecule has 3 N–H and O–H groups in total. The monoisotopic (exact) mass is 345 g/mol. The van der Waals surface area contributed by atoms with Gasteiger partial charge in [-0.15, -0.1) is 0 Å². The Labute approximate surface area is 148 Å². The maximum atomic E-state index is 14.0. The number of hydrogen-bond donors (Lipinski definition) is 2. The summed E-state index contributed by atoms with van der Waals surface area (Å²) in [7, 11) is 0. The molecular weight excluding hydrogens is 320 g/mol. The topological polar surface area (TPSA) is 50.9 Å². The van der Waals surface area contributed by atoms with E-state index in [0.29, 0.717) is 6.42 Å². The Bertz CT molecular complexity index is 742. The smallest absolute Gasteiger partial charge is 0.152 e. The lowest BCUT2D eigenvalue weighted by Gasteiger charge is -2.11. The minimum Gasteiger partial charge on any atom is -0.396 e. The third-order valence-electron chi connectivity index (χ3n) is 3.95. The number of hydrogen-bond acceptors (Lipinski definition) is 3. The molecule has 2 rings (SSSR count). The van der Waals surface area contributed by atoms with E-state index < -0.39 is 11.6 Å². The van der Waals surface area contributed by atoms with Crippen LogP contribution in [0.2, 0.25) is 0 Å². The van der Waals surface area contributed by atoms with Crippen LogP contribution in [0.1, 0.15) is 43.5 Å². The van der Waals surface area contributed by atoms with Crippen molar-refractivity contribution in [2.45, 2.75) is 39.5 Å². The average Bonchev–Trinajstić information content (AvgIpc) is 2.60. The number of unbranched alkanes of at least 4 members (excludes halogenated alkanes) is 1. The maximum Gasteiger partial charge on any atom is 0.152 e. The first kappa shape index (κ1) is 18.9. The predicted octanol–water partition coefficient (Wildman–Crippen LogP) is 4.97. The molecule has 3 nitrogen and oxygen atoms in total. The van der Waals surface area contributed by atoms with Gasteiger partial charge < -0.3 is 11.1 Å². The van der Waals surface area contributed by atoms with E-state index in [9.17, 15) is 8.78 Å². The van der Waals surface area contributed by atoms with Crippen LogP contribution in [0.25, 0.3) is 6.08 Å². The van der Waals surface area contributed by atoms with Crippen molar-refractivity contribution < 1.29 is 8.78 Å². The average molecular weight is 345 g/mol. The van der Waals surface area contributed by atoms with Gasteiger partial charge in [0.25, 0.3) is 0 Å². The van der Waals surface area contributed by atoms with Crippen LogP contribution in [0.15, 0.2) is 30.5 Å². The Balaban J connectivity index is 2.17. The molecule has 0 aliphatic heterocycles. The molecule has 0 aliphatic carbocycles. The van der Waals surface area contributed by atoms with Crippen molar-refractivity contribution in [3.05, 3.63) is 58.9 Å². The first-order valence-corrected chi connectivity index (χ1v) is 8.68. The number of nitrogens with one attached hydrogen (secondary N) is 1. The standard InChI is InChI=1S/C20H25F2N3/c1-3-5-6-7-18-19(24-4-2)12-14(13-25-18)8-9-15-16(21)10-11-17(23)20(15)22/h6-7,10-13,24H,3-5,8-9,23H2,1-2H3/b7-6-. The fraction of sp³-hybridized carbons (Fsp3) is 0.350. The molecule has 0 spiro atoms. The van der Waals surface area contributed by atoms with Crippen molar-refractivity contribution in [1.82, 2.24) is 4.98 Å². The molecule has 0 saturated heterocycles. The molecule has 0 saturated carbocycles. The number of benzene rings is 1. The summed E-state index contributed by atoms with van der Waals surface area (Å²) in [6.07, 6.45) is 8.67. The van der Waals surface area contributed by atoms with E-state index in [2.05, 4.69) is 23.3 Å².